The van der Waals surface area contributed by atoms with Gasteiger partial charge in [-0.1, -0.05) is 44.2 Å². The molecule has 1 N–H and O–H groups in total. The average molecular weight is 427 g/mol. The maximum atomic E-state index is 12.8. The quantitative estimate of drug-likeness (QED) is 0.524. The van der Waals surface area contributed by atoms with E-state index >= 15 is 0 Å². The monoisotopic (exact) mass is 427 g/mol. The second-order valence-electron chi connectivity index (χ2n) is 8.58. The molecule has 0 spiro atoms. The number of hydrogen-bond acceptors (Lipinski definition) is 7. The van der Waals surface area contributed by atoms with Crippen LogP contribution in [-0.4, -0.2) is 36.7 Å². The zero-order chi connectivity index (χ0) is 21.7. The Hall–Kier alpha value is -1.73. The maximum Gasteiger partial charge on any atom is 0.475 e. The van der Waals surface area contributed by atoms with Gasteiger partial charge in [-0.25, -0.2) is 4.57 Å². The van der Waals surface area contributed by atoms with Gasteiger partial charge < -0.3 is 10.1 Å². The smallest absolute Gasteiger partial charge is 0.460 e. The van der Waals surface area contributed by atoms with Gasteiger partial charge in [-0.15, -0.1) is 0 Å². The minimum absolute atomic E-state index is 0.0226. The lowest BCUT2D eigenvalue weighted by Gasteiger charge is -2.39. The number of carbonyl (C=O) groups is 2. The summed E-state index contributed by atoms with van der Waals surface area (Å²) in [6.07, 6.45) is -1.02. The molecule has 162 valence electrons. The minimum Gasteiger partial charge on any atom is -0.460 e. The number of rotatable bonds is 7. The van der Waals surface area contributed by atoms with Crippen molar-refractivity contribution in [2.45, 2.75) is 59.4 Å². The van der Waals surface area contributed by atoms with E-state index < -0.39 is 36.8 Å². The fourth-order valence-corrected chi connectivity index (χ4v) is 4.23. The first-order valence-corrected chi connectivity index (χ1v) is 11.0. The standard InChI is InChI=1S/C20H30NO7P/c1-19(2,3)27-16(22)11-12-21-18(23)17-20(4,5)14-26-29(24,28-17)25-13-15-9-7-6-8-10-15/h6-10,17H,11-14H2,1-5H3,(H,21,23)/t17-,29?/m0/s1. The van der Waals surface area contributed by atoms with E-state index in [0.717, 1.165) is 5.56 Å². The third kappa shape index (κ3) is 7.55. The molecule has 2 rings (SSSR count). The number of esters is 1. The van der Waals surface area contributed by atoms with Crippen molar-refractivity contribution in [3.63, 3.8) is 0 Å². The Morgan fingerprint density at radius 2 is 1.90 bits per heavy atom. The minimum atomic E-state index is -3.90. The molecular weight excluding hydrogens is 397 g/mol. The van der Waals surface area contributed by atoms with Crippen LogP contribution in [0, 0.1) is 5.41 Å². The van der Waals surface area contributed by atoms with E-state index in [-0.39, 0.29) is 26.2 Å². The Labute approximate surface area is 171 Å². The Morgan fingerprint density at radius 1 is 1.24 bits per heavy atom. The molecule has 0 aromatic heterocycles. The second-order valence-corrected chi connectivity index (χ2v) is 10.2. The highest BCUT2D eigenvalue weighted by Gasteiger charge is 2.49. The van der Waals surface area contributed by atoms with Gasteiger partial charge in [0.05, 0.1) is 19.6 Å². The molecule has 1 amide bonds. The van der Waals surface area contributed by atoms with Gasteiger partial charge in [0.25, 0.3) is 0 Å². The van der Waals surface area contributed by atoms with Gasteiger partial charge in [0.2, 0.25) is 5.91 Å². The molecule has 1 saturated heterocycles. The summed E-state index contributed by atoms with van der Waals surface area (Å²) in [5.74, 6) is -0.896. The SMILES string of the molecule is CC(C)(C)OC(=O)CCNC(=O)[C@@H]1OP(=O)(OCc2ccccc2)OCC1(C)C. The Kier molecular flexibility index (Phi) is 7.62. The van der Waals surface area contributed by atoms with Crippen molar-refractivity contribution in [2.24, 2.45) is 5.41 Å². The summed E-state index contributed by atoms with van der Waals surface area (Å²) in [7, 11) is -3.90. The number of hydrogen-bond donors (Lipinski definition) is 1. The molecule has 0 saturated carbocycles. The summed E-state index contributed by atoms with van der Waals surface area (Å²) in [5.41, 5.74) is -0.506. The highest BCUT2D eigenvalue weighted by atomic mass is 31.2. The van der Waals surface area contributed by atoms with Gasteiger partial charge in [0.15, 0.2) is 6.10 Å². The highest BCUT2D eigenvalue weighted by molar-refractivity contribution is 7.48. The van der Waals surface area contributed by atoms with E-state index in [1.807, 2.05) is 30.3 Å². The molecular formula is C20H30NO7P. The maximum absolute atomic E-state index is 12.8. The number of carbonyl (C=O) groups excluding carboxylic acids is 2. The van der Waals surface area contributed by atoms with Gasteiger partial charge in [0, 0.05) is 12.0 Å². The second kappa shape index (κ2) is 9.39. The van der Waals surface area contributed by atoms with Crippen molar-refractivity contribution in [2.75, 3.05) is 13.2 Å². The van der Waals surface area contributed by atoms with E-state index in [4.69, 9.17) is 18.3 Å². The fraction of sp³-hybridized carbons (Fsp3) is 0.600. The summed E-state index contributed by atoms with van der Waals surface area (Å²) in [4.78, 5) is 24.4. The van der Waals surface area contributed by atoms with Gasteiger partial charge in [-0.3, -0.25) is 23.2 Å². The lowest BCUT2D eigenvalue weighted by molar-refractivity contribution is -0.154. The van der Waals surface area contributed by atoms with Crippen LogP contribution in [0.25, 0.3) is 0 Å². The fourth-order valence-electron chi connectivity index (χ4n) is 2.59. The van der Waals surface area contributed by atoms with Gasteiger partial charge in [-0.2, -0.15) is 0 Å². The first-order valence-electron chi connectivity index (χ1n) is 9.51. The van der Waals surface area contributed by atoms with Crippen LogP contribution in [0.3, 0.4) is 0 Å². The predicted molar refractivity (Wildman–Crippen MR) is 107 cm³/mol. The highest BCUT2D eigenvalue weighted by Crippen LogP contribution is 2.57. The Morgan fingerprint density at radius 3 is 2.52 bits per heavy atom. The van der Waals surface area contributed by atoms with Crippen LogP contribution in [-0.2, 0) is 39.1 Å². The van der Waals surface area contributed by atoms with Crippen LogP contribution in [0.15, 0.2) is 30.3 Å². The molecule has 1 unspecified atom stereocenters. The summed E-state index contributed by atoms with van der Waals surface area (Å²) in [6.45, 7) is 9.00. The topological polar surface area (TPSA) is 100 Å². The van der Waals surface area contributed by atoms with Gasteiger partial charge in [0.1, 0.15) is 5.60 Å². The number of benzene rings is 1. The number of nitrogens with one attached hydrogen (secondary N) is 1. The molecule has 0 aliphatic carbocycles. The van der Waals surface area contributed by atoms with Crippen molar-refractivity contribution >= 4 is 19.7 Å². The Balaban J connectivity index is 1.91. The summed E-state index contributed by atoms with van der Waals surface area (Å²) < 4.78 is 34.3. The van der Waals surface area contributed by atoms with Crippen molar-refractivity contribution < 1.29 is 32.5 Å². The van der Waals surface area contributed by atoms with E-state index in [1.54, 1.807) is 34.6 Å². The lowest BCUT2D eigenvalue weighted by atomic mass is 9.87. The Bertz CT molecular complexity index is 758. The van der Waals surface area contributed by atoms with Crippen molar-refractivity contribution in [1.82, 2.24) is 5.32 Å². The molecule has 0 radical (unpaired) electrons. The lowest BCUT2D eigenvalue weighted by Crippen LogP contribution is -2.50. The molecule has 8 nitrogen and oxygen atoms in total. The van der Waals surface area contributed by atoms with Gasteiger partial charge in [-0.05, 0) is 26.3 Å². The van der Waals surface area contributed by atoms with Crippen molar-refractivity contribution in [1.29, 1.82) is 0 Å². The molecule has 9 heteroatoms. The van der Waals surface area contributed by atoms with Crippen molar-refractivity contribution in [3.05, 3.63) is 35.9 Å². The number of phosphoric acid groups is 1. The first-order chi connectivity index (χ1) is 13.4. The number of phosphoric ester groups is 1. The zero-order valence-corrected chi connectivity index (χ0v) is 18.5. The molecule has 1 aromatic rings. The van der Waals surface area contributed by atoms with Crippen LogP contribution in [0.1, 0.15) is 46.6 Å². The van der Waals surface area contributed by atoms with Gasteiger partial charge >= 0.3 is 13.8 Å². The molecule has 2 atom stereocenters. The van der Waals surface area contributed by atoms with Crippen LogP contribution in [0.4, 0.5) is 0 Å². The summed E-state index contributed by atoms with van der Waals surface area (Å²) in [5, 5.41) is 2.64. The normalized spacial score (nSPS) is 24.0. The van der Waals surface area contributed by atoms with E-state index in [0.29, 0.717) is 0 Å². The zero-order valence-electron chi connectivity index (χ0n) is 17.6. The summed E-state index contributed by atoms with van der Waals surface area (Å²) >= 11 is 0. The van der Waals surface area contributed by atoms with Crippen molar-refractivity contribution in [3.8, 4) is 0 Å². The molecule has 0 bridgehead atoms. The van der Waals surface area contributed by atoms with E-state index in [1.165, 1.54) is 0 Å². The molecule has 1 aliphatic rings. The summed E-state index contributed by atoms with van der Waals surface area (Å²) in [6, 6.07) is 9.17. The largest absolute Gasteiger partial charge is 0.475 e. The van der Waals surface area contributed by atoms with Crippen LogP contribution in [0.5, 0.6) is 0 Å². The molecule has 1 fully saturated rings. The molecule has 1 aliphatic heterocycles. The predicted octanol–water partition coefficient (Wildman–Crippen LogP) is 3.60. The van der Waals surface area contributed by atoms with Crippen LogP contribution >= 0.6 is 7.82 Å². The van der Waals surface area contributed by atoms with E-state index in [2.05, 4.69) is 5.32 Å². The van der Waals surface area contributed by atoms with Crippen LogP contribution < -0.4 is 5.32 Å². The van der Waals surface area contributed by atoms with E-state index in [9.17, 15) is 14.2 Å². The third-order valence-corrected chi connectivity index (χ3v) is 5.42. The molecule has 1 heterocycles. The first kappa shape index (κ1) is 23.5. The number of amides is 1. The molecule has 29 heavy (non-hydrogen) atoms. The van der Waals surface area contributed by atoms with Crippen LogP contribution in [0.2, 0.25) is 0 Å². The third-order valence-electron chi connectivity index (χ3n) is 4.06. The average Bonchev–Trinajstić information content (AvgIpc) is 2.62. The molecule has 1 aromatic carbocycles. The number of ether oxygens (including phenoxy) is 1.